The van der Waals surface area contributed by atoms with E-state index in [1.54, 1.807) is 5.19 Å². The van der Waals surface area contributed by atoms with Gasteiger partial charge in [0.25, 0.3) is 0 Å². The monoisotopic (exact) mass is 279 g/mol. The molecule has 1 aliphatic rings. The molecule has 1 aromatic carbocycles. The molecule has 0 N–H and O–H groups in total. The third-order valence-electron chi connectivity index (χ3n) is 3.82. The maximum Gasteiger partial charge on any atom is 0.0877 e. The number of benzene rings is 1. The predicted molar refractivity (Wildman–Crippen MR) is 84.3 cm³/mol. The smallest absolute Gasteiger partial charge is 0.0877 e. The average Bonchev–Trinajstić information content (AvgIpc) is 2.39. The lowest BCUT2D eigenvalue weighted by molar-refractivity contribution is 0.0333. The summed E-state index contributed by atoms with van der Waals surface area (Å²) in [5.74, 6) is 0. The predicted octanol–water partition coefficient (Wildman–Crippen LogP) is 0.0229. The number of ether oxygens (including phenoxy) is 1. The van der Waals surface area contributed by atoms with Crippen molar-refractivity contribution in [3.8, 4) is 0 Å². The molecule has 1 heterocycles. The quantitative estimate of drug-likeness (QED) is 0.705. The van der Waals surface area contributed by atoms with Gasteiger partial charge in [0, 0.05) is 11.5 Å². The SMILES string of the molecule is CN(C)C[SiH2]C1([SiH2]c2ccccc2)CCCCO1. The highest BCUT2D eigenvalue weighted by Crippen LogP contribution is 2.23. The van der Waals surface area contributed by atoms with E-state index in [1.165, 1.54) is 25.4 Å². The van der Waals surface area contributed by atoms with E-state index >= 15 is 0 Å². The largest absolute Gasteiger partial charge is 0.383 e. The van der Waals surface area contributed by atoms with E-state index in [0.717, 1.165) is 6.61 Å². The highest BCUT2D eigenvalue weighted by Gasteiger charge is 2.33. The van der Waals surface area contributed by atoms with Crippen LogP contribution in [-0.2, 0) is 4.74 Å². The Hall–Kier alpha value is -0.426. The Morgan fingerprint density at radius 2 is 2.00 bits per heavy atom. The number of hydrogen-bond donors (Lipinski definition) is 0. The molecule has 0 aromatic heterocycles. The van der Waals surface area contributed by atoms with Gasteiger partial charge in [-0.3, -0.25) is 0 Å². The molecule has 0 radical (unpaired) electrons. The van der Waals surface area contributed by atoms with E-state index < -0.39 is 0 Å². The zero-order chi connectivity index (χ0) is 12.8. The van der Waals surface area contributed by atoms with E-state index in [1.807, 2.05) is 0 Å². The molecule has 1 fully saturated rings. The van der Waals surface area contributed by atoms with Crippen molar-refractivity contribution >= 4 is 24.2 Å². The molecule has 100 valence electrons. The minimum absolute atomic E-state index is 0.167. The Morgan fingerprint density at radius 3 is 2.61 bits per heavy atom. The number of nitrogens with zero attached hydrogens (tertiary/aromatic N) is 1. The first-order valence-electron chi connectivity index (χ1n) is 7.03. The Labute approximate surface area is 115 Å². The zero-order valence-corrected chi connectivity index (χ0v) is 14.5. The molecule has 0 saturated carbocycles. The molecule has 2 rings (SSSR count). The third kappa shape index (κ3) is 4.05. The van der Waals surface area contributed by atoms with Crippen molar-refractivity contribution in [1.82, 2.24) is 4.90 Å². The summed E-state index contributed by atoms with van der Waals surface area (Å²) in [6.07, 6.45) is 5.25. The molecule has 0 aliphatic carbocycles. The van der Waals surface area contributed by atoms with Gasteiger partial charge in [-0.1, -0.05) is 35.5 Å². The van der Waals surface area contributed by atoms with Gasteiger partial charge in [0.1, 0.15) is 0 Å². The molecule has 1 aromatic rings. The van der Waals surface area contributed by atoms with Gasteiger partial charge < -0.3 is 9.64 Å². The second kappa shape index (κ2) is 6.66. The Balaban J connectivity index is 2.04. The van der Waals surface area contributed by atoms with E-state index in [4.69, 9.17) is 4.74 Å². The highest BCUT2D eigenvalue weighted by molar-refractivity contribution is 6.70. The topological polar surface area (TPSA) is 12.5 Å². The Morgan fingerprint density at radius 1 is 1.22 bits per heavy atom. The van der Waals surface area contributed by atoms with Gasteiger partial charge >= 0.3 is 0 Å². The minimum atomic E-state index is -0.294. The van der Waals surface area contributed by atoms with Gasteiger partial charge in [0.15, 0.2) is 0 Å². The van der Waals surface area contributed by atoms with Crippen LogP contribution < -0.4 is 5.19 Å². The molecule has 0 bridgehead atoms. The fraction of sp³-hybridized carbons (Fsp3) is 0.571. The molecule has 4 heteroatoms. The first-order chi connectivity index (χ1) is 8.70. The Bertz CT molecular complexity index is 350. The molecular formula is C14H25NOSi2. The maximum absolute atomic E-state index is 6.32. The van der Waals surface area contributed by atoms with Gasteiger partial charge in [-0.25, -0.2) is 0 Å². The van der Waals surface area contributed by atoms with E-state index in [2.05, 4.69) is 49.3 Å². The first kappa shape index (κ1) is 14.0. The van der Waals surface area contributed by atoms with Crippen molar-refractivity contribution in [2.24, 2.45) is 0 Å². The van der Waals surface area contributed by atoms with Crippen molar-refractivity contribution in [3.63, 3.8) is 0 Å². The van der Waals surface area contributed by atoms with Crippen LogP contribution in [0.2, 0.25) is 0 Å². The van der Waals surface area contributed by atoms with Crippen molar-refractivity contribution in [3.05, 3.63) is 30.3 Å². The molecule has 1 aliphatic heterocycles. The van der Waals surface area contributed by atoms with Crippen molar-refractivity contribution in [2.45, 2.75) is 24.1 Å². The molecular weight excluding hydrogens is 254 g/mol. The van der Waals surface area contributed by atoms with Crippen molar-refractivity contribution in [1.29, 1.82) is 0 Å². The van der Waals surface area contributed by atoms with Crippen LogP contribution in [0.15, 0.2) is 30.3 Å². The molecule has 18 heavy (non-hydrogen) atoms. The minimum Gasteiger partial charge on any atom is -0.383 e. The maximum atomic E-state index is 6.32. The van der Waals surface area contributed by atoms with Crippen LogP contribution in [0, 0.1) is 0 Å². The molecule has 0 spiro atoms. The average molecular weight is 280 g/mol. The van der Waals surface area contributed by atoms with Crippen LogP contribution >= 0.6 is 0 Å². The second-order valence-electron chi connectivity index (χ2n) is 5.70. The van der Waals surface area contributed by atoms with Crippen molar-refractivity contribution in [2.75, 3.05) is 26.9 Å². The summed E-state index contributed by atoms with van der Waals surface area (Å²) in [6, 6.07) is 11.1. The van der Waals surface area contributed by atoms with Gasteiger partial charge in [-0.15, -0.1) is 0 Å². The summed E-state index contributed by atoms with van der Waals surface area (Å²) < 4.78 is 6.32. The van der Waals surface area contributed by atoms with Crippen LogP contribution in [0.5, 0.6) is 0 Å². The molecule has 1 saturated heterocycles. The fourth-order valence-electron chi connectivity index (χ4n) is 2.73. The van der Waals surface area contributed by atoms with E-state index in [0.29, 0.717) is 4.85 Å². The lowest BCUT2D eigenvalue weighted by atomic mass is 10.2. The van der Waals surface area contributed by atoms with Gasteiger partial charge in [-0.2, -0.15) is 0 Å². The molecule has 1 atom stereocenters. The van der Waals surface area contributed by atoms with Crippen LogP contribution in [0.1, 0.15) is 19.3 Å². The number of hydrogen-bond acceptors (Lipinski definition) is 2. The lowest BCUT2D eigenvalue weighted by Gasteiger charge is -2.38. The third-order valence-corrected chi connectivity index (χ3v) is 10.3. The lowest BCUT2D eigenvalue weighted by Crippen LogP contribution is -2.54. The summed E-state index contributed by atoms with van der Waals surface area (Å²) in [6.45, 7) is 1.00. The second-order valence-corrected chi connectivity index (χ2v) is 11.4. The summed E-state index contributed by atoms with van der Waals surface area (Å²) in [5, 5.41) is 1.57. The molecule has 1 unspecified atom stereocenters. The van der Waals surface area contributed by atoms with Crippen LogP contribution in [0.25, 0.3) is 0 Å². The molecule has 2 nitrogen and oxygen atoms in total. The summed E-state index contributed by atoms with van der Waals surface area (Å²) in [7, 11) is 3.91. The van der Waals surface area contributed by atoms with Crippen molar-refractivity contribution < 1.29 is 4.74 Å². The summed E-state index contributed by atoms with van der Waals surface area (Å²) in [5.41, 5.74) is 0. The molecule has 0 amide bonds. The fourth-order valence-corrected chi connectivity index (χ4v) is 8.35. The van der Waals surface area contributed by atoms with E-state index in [-0.39, 0.29) is 19.0 Å². The van der Waals surface area contributed by atoms with Gasteiger partial charge in [0.05, 0.1) is 19.0 Å². The van der Waals surface area contributed by atoms with Gasteiger partial charge in [-0.05, 0) is 39.5 Å². The highest BCUT2D eigenvalue weighted by atomic mass is 28.3. The summed E-state index contributed by atoms with van der Waals surface area (Å²) in [4.78, 5) is 2.69. The summed E-state index contributed by atoms with van der Waals surface area (Å²) >= 11 is 0. The van der Waals surface area contributed by atoms with Gasteiger partial charge in [0.2, 0.25) is 0 Å². The standard InChI is InChI=1S/C14H25NOSi2/c1-15(2)12-17-14(10-6-7-11-16-14)18-13-8-4-3-5-9-13/h3-5,8-9H,6-7,10-12,17-18H2,1-2H3. The first-order valence-corrected chi connectivity index (χ1v) is 10.1. The van der Waals surface area contributed by atoms with Crippen LogP contribution in [0.3, 0.4) is 0 Å². The zero-order valence-electron chi connectivity index (χ0n) is 11.7. The number of rotatable bonds is 5. The van der Waals surface area contributed by atoms with Crippen LogP contribution in [0.4, 0.5) is 0 Å². The normalized spacial score (nSPS) is 25.7. The Kier molecular flexibility index (Phi) is 5.17. The van der Waals surface area contributed by atoms with Crippen LogP contribution in [-0.4, -0.2) is 55.7 Å². The van der Waals surface area contributed by atoms with E-state index in [9.17, 15) is 0 Å².